The molecule has 10 heteroatoms. The summed E-state index contributed by atoms with van der Waals surface area (Å²) in [5.41, 5.74) is 0.0618. The Kier molecular flexibility index (Phi) is 7.81. The van der Waals surface area contributed by atoms with Crippen molar-refractivity contribution in [1.29, 1.82) is 0 Å². The first kappa shape index (κ1) is 23.8. The largest absolute Gasteiger partial charge is 0.484 e. The van der Waals surface area contributed by atoms with Crippen LogP contribution in [0.2, 0.25) is 20.1 Å². The summed E-state index contributed by atoms with van der Waals surface area (Å²) in [6.07, 6.45) is 0.806. The van der Waals surface area contributed by atoms with Crippen LogP contribution in [-0.2, 0) is 9.53 Å². The fraction of sp³-hybridized carbons (Fsp3) is 0.333. The standard InChI is InChI=1S/C21H20Cl4N2O4/c1-2-21(27-19(28)11-30-14-4-6-16(23)18(25)8-14)9-12(21)10-31-20(29)26-13-3-5-15(22)17(24)7-13/h3-8,12H,2,9-11H2,1H3,(H,26,29)(H,27,28). The lowest BCUT2D eigenvalue weighted by Crippen LogP contribution is -2.41. The molecule has 2 aromatic carbocycles. The average Bonchev–Trinajstić information content (AvgIpc) is 3.43. The van der Waals surface area contributed by atoms with Crippen LogP contribution in [0.25, 0.3) is 0 Å². The molecule has 31 heavy (non-hydrogen) atoms. The number of amides is 2. The normalized spacial score (nSPS) is 19.5. The third kappa shape index (κ3) is 6.32. The van der Waals surface area contributed by atoms with Gasteiger partial charge in [-0.3, -0.25) is 10.1 Å². The summed E-state index contributed by atoms with van der Waals surface area (Å²) in [6, 6.07) is 9.52. The fourth-order valence-electron chi connectivity index (χ4n) is 3.21. The quantitative estimate of drug-likeness (QED) is 0.447. The van der Waals surface area contributed by atoms with E-state index in [1.54, 1.807) is 30.3 Å². The number of ether oxygens (including phenoxy) is 2. The molecule has 3 rings (SSSR count). The lowest BCUT2D eigenvalue weighted by Gasteiger charge is -2.18. The zero-order valence-corrected chi connectivity index (χ0v) is 19.5. The van der Waals surface area contributed by atoms with Gasteiger partial charge in [-0.1, -0.05) is 53.3 Å². The van der Waals surface area contributed by atoms with Crippen molar-refractivity contribution in [2.75, 3.05) is 18.5 Å². The number of hydrogen-bond acceptors (Lipinski definition) is 4. The summed E-state index contributed by atoms with van der Waals surface area (Å²) in [5, 5.41) is 7.06. The van der Waals surface area contributed by atoms with Crippen molar-refractivity contribution in [2.24, 2.45) is 5.92 Å². The van der Waals surface area contributed by atoms with E-state index in [2.05, 4.69) is 10.6 Å². The van der Waals surface area contributed by atoms with Crippen molar-refractivity contribution in [3.05, 3.63) is 56.5 Å². The zero-order chi connectivity index (χ0) is 22.6. The van der Waals surface area contributed by atoms with E-state index in [-0.39, 0.29) is 25.0 Å². The molecule has 0 radical (unpaired) electrons. The van der Waals surface area contributed by atoms with Crippen molar-refractivity contribution in [3.8, 4) is 5.75 Å². The summed E-state index contributed by atoms with van der Waals surface area (Å²) >= 11 is 23.6. The first-order chi connectivity index (χ1) is 14.7. The highest BCUT2D eigenvalue weighted by molar-refractivity contribution is 6.42. The number of nitrogens with one attached hydrogen (secondary N) is 2. The maximum absolute atomic E-state index is 12.3. The van der Waals surface area contributed by atoms with E-state index in [0.29, 0.717) is 44.4 Å². The van der Waals surface area contributed by atoms with Gasteiger partial charge in [0.1, 0.15) is 5.75 Å². The van der Waals surface area contributed by atoms with Gasteiger partial charge in [-0.15, -0.1) is 0 Å². The zero-order valence-electron chi connectivity index (χ0n) is 16.5. The lowest BCUT2D eigenvalue weighted by molar-refractivity contribution is -0.124. The number of rotatable bonds is 8. The maximum Gasteiger partial charge on any atom is 0.411 e. The Hall–Kier alpha value is -1.86. The predicted molar refractivity (Wildman–Crippen MR) is 123 cm³/mol. The molecule has 1 aliphatic carbocycles. The SMILES string of the molecule is CCC1(NC(=O)COc2ccc(Cl)c(Cl)c2)CC1COC(=O)Nc1ccc(Cl)c(Cl)c1. The van der Waals surface area contributed by atoms with Gasteiger partial charge in [0.2, 0.25) is 0 Å². The first-order valence-corrected chi connectivity index (χ1v) is 11.0. The second-order valence-corrected chi connectivity index (χ2v) is 8.80. The van der Waals surface area contributed by atoms with Crippen LogP contribution in [0, 0.1) is 5.92 Å². The first-order valence-electron chi connectivity index (χ1n) is 9.50. The predicted octanol–water partition coefficient (Wildman–Crippen LogP) is 6.21. The molecular weight excluding hydrogens is 486 g/mol. The number of benzene rings is 2. The molecule has 2 amide bonds. The molecular formula is C21H20Cl4N2O4. The van der Waals surface area contributed by atoms with Gasteiger partial charge in [0.25, 0.3) is 5.91 Å². The Morgan fingerprint density at radius 3 is 2.35 bits per heavy atom. The molecule has 2 unspecified atom stereocenters. The van der Waals surface area contributed by atoms with Crippen molar-refractivity contribution in [1.82, 2.24) is 5.32 Å². The molecule has 2 aromatic rings. The van der Waals surface area contributed by atoms with E-state index in [1.807, 2.05) is 6.92 Å². The third-order valence-corrected chi connectivity index (χ3v) is 6.57. The summed E-state index contributed by atoms with van der Waals surface area (Å²) in [6.45, 7) is 1.98. The number of anilines is 1. The van der Waals surface area contributed by atoms with Crippen LogP contribution < -0.4 is 15.4 Å². The molecule has 2 atom stereocenters. The number of hydrogen-bond donors (Lipinski definition) is 2. The molecule has 166 valence electrons. The van der Waals surface area contributed by atoms with Crippen LogP contribution in [0.1, 0.15) is 19.8 Å². The molecule has 1 saturated carbocycles. The Balaban J connectivity index is 1.44. The van der Waals surface area contributed by atoms with E-state index in [9.17, 15) is 9.59 Å². The van der Waals surface area contributed by atoms with Crippen LogP contribution in [0.5, 0.6) is 5.75 Å². The molecule has 1 fully saturated rings. The highest BCUT2D eigenvalue weighted by Gasteiger charge is 2.54. The summed E-state index contributed by atoms with van der Waals surface area (Å²) in [7, 11) is 0. The van der Waals surface area contributed by atoms with E-state index >= 15 is 0 Å². The number of carbonyl (C=O) groups is 2. The van der Waals surface area contributed by atoms with E-state index in [4.69, 9.17) is 55.9 Å². The minimum absolute atomic E-state index is 0.0194. The average molecular weight is 506 g/mol. The molecule has 0 aliphatic heterocycles. The van der Waals surface area contributed by atoms with Crippen molar-refractivity contribution in [2.45, 2.75) is 25.3 Å². The van der Waals surface area contributed by atoms with Crippen LogP contribution in [0.3, 0.4) is 0 Å². The van der Waals surface area contributed by atoms with Gasteiger partial charge in [-0.05, 0) is 43.2 Å². The van der Waals surface area contributed by atoms with Gasteiger partial charge in [0, 0.05) is 23.2 Å². The Labute approximate surface area is 200 Å². The van der Waals surface area contributed by atoms with Gasteiger partial charge < -0.3 is 14.8 Å². The fourth-order valence-corrected chi connectivity index (χ4v) is 3.79. The molecule has 0 spiro atoms. The van der Waals surface area contributed by atoms with Gasteiger partial charge >= 0.3 is 6.09 Å². The maximum atomic E-state index is 12.3. The van der Waals surface area contributed by atoms with E-state index in [1.165, 1.54) is 6.07 Å². The van der Waals surface area contributed by atoms with Gasteiger partial charge in [-0.2, -0.15) is 0 Å². The lowest BCUT2D eigenvalue weighted by atomic mass is 10.1. The molecule has 1 aliphatic rings. The van der Waals surface area contributed by atoms with Gasteiger partial charge in [0.05, 0.1) is 26.7 Å². The molecule has 0 heterocycles. The third-order valence-electron chi connectivity index (χ3n) is 5.09. The second-order valence-electron chi connectivity index (χ2n) is 7.18. The topological polar surface area (TPSA) is 76.7 Å². The minimum atomic E-state index is -0.607. The van der Waals surface area contributed by atoms with Gasteiger partial charge in [-0.25, -0.2) is 4.79 Å². The Morgan fingerprint density at radius 1 is 1.03 bits per heavy atom. The molecule has 0 aromatic heterocycles. The number of halogens is 4. The van der Waals surface area contributed by atoms with Crippen LogP contribution in [0.15, 0.2) is 36.4 Å². The monoisotopic (exact) mass is 504 g/mol. The minimum Gasteiger partial charge on any atom is -0.484 e. The van der Waals surface area contributed by atoms with Crippen LogP contribution in [-0.4, -0.2) is 30.8 Å². The van der Waals surface area contributed by atoms with Crippen molar-refractivity contribution in [3.63, 3.8) is 0 Å². The molecule has 0 bridgehead atoms. The van der Waals surface area contributed by atoms with Crippen LogP contribution >= 0.6 is 46.4 Å². The summed E-state index contributed by atoms with van der Waals surface area (Å²) in [5.74, 6) is 0.200. The van der Waals surface area contributed by atoms with E-state index < -0.39 is 11.6 Å². The molecule has 0 saturated heterocycles. The highest BCUT2D eigenvalue weighted by atomic mass is 35.5. The molecule has 6 nitrogen and oxygen atoms in total. The molecule has 2 N–H and O–H groups in total. The van der Waals surface area contributed by atoms with Crippen LogP contribution in [0.4, 0.5) is 10.5 Å². The smallest absolute Gasteiger partial charge is 0.411 e. The second kappa shape index (κ2) is 10.2. The Bertz CT molecular complexity index is 988. The van der Waals surface area contributed by atoms with Gasteiger partial charge in [0.15, 0.2) is 6.61 Å². The van der Waals surface area contributed by atoms with Crippen molar-refractivity contribution >= 4 is 64.1 Å². The summed E-state index contributed by atoms with van der Waals surface area (Å²) < 4.78 is 10.8. The highest BCUT2D eigenvalue weighted by Crippen LogP contribution is 2.46. The number of carbonyl (C=O) groups excluding carboxylic acids is 2. The Morgan fingerprint density at radius 2 is 1.71 bits per heavy atom. The van der Waals surface area contributed by atoms with Crippen molar-refractivity contribution < 1.29 is 19.1 Å². The summed E-state index contributed by atoms with van der Waals surface area (Å²) in [4.78, 5) is 24.4. The van der Waals surface area contributed by atoms with E-state index in [0.717, 1.165) is 0 Å².